The standard InChI is InChI=1S/C8H16.C3H9N/c1-2-4-6-8-7-5-3-1;1-4(2)3/h1-8H2;1-3H3/p+1. The third-order valence-corrected chi connectivity index (χ3v) is 2.00. The van der Waals surface area contributed by atoms with Gasteiger partial charge in [0, 0.05) is 0 Å². The van der Waals surface area contributed by atoms with E-state index < -0.39 is 0 Å². The number of hydrogen-bond acceptors (Lipinski definition) is 0. The summed E-state index contributed by atoms with van der Waals surface area (Å²) in [6, 6.07) is 0. The minimum absolute atomic E-state index is 1.42. The first-order valence-corrected chi connectivity index (χ1v) is 5.50. The number of hydrogen-bond donors (Lipinski definition) is 1. The van der Waals surface area contributed by atoms with Gasteiger partial charge in [-0.2, -0.15) is 0 Å². The number of nitrogens with one attached hydrogen (secondary N) is 1. The van der Waals surface area contributed by atoms with E-state index in [9.17, 15) is 0 Å². The van der Waals surface area contributed by atoms with Crippen LogP contribution in [0.15, 0.2) is 0 Å². The van der Waals surface area contributed by atoms with Crippen LogP contribution in [0.2, 0.25) is 0 Å². The summed E-state index contributed by atoms with van der Waals surface area (Å²) < 4.78 is 0. The molecule has 1 N–H and O–H groups in total. The lowest BCUT2D eigenvalue weighted by atomic mass is 10.0. The lowest BCUT2D eigenvalue weighted by molar-refractivity contribution is -0.836. The first-order valence-electron chi connectivity index (χ1n) is 5.50. The predicted molar refractivity (Wildman–Crippen MR) is 55.7 cm³/mol. The molecule has 1 aliphatic carbocycles. The Kier molecular flexibility index (Phi) is 9.02. The molecule has 0 saturated heterocycles. The molecule has 74 valence electrons. The van der Waals surface area contributed by atoms with Crippen LogP contribution in [0, 0.1) is 0 Å². The molecular formula is C11H26N+. The van der Waals surface area contributed by atoms with Crippen LogP contribution in [0.25, 0.3) is 0 Å². The molecule has 0 spiro atoms. The van der Waals surface area contributed by atoms with E-state index in [1.165, 1.54) is 56.3 Å². The summed E-state index contributed by atoms with van der Waals surface area (Å²) in [5, 5.41) is 0. The van der Waals surface area contributed by atoms with Crippen LogP contribution in [0.3, 0.4) is 0 Å². The van der Waals surface area contributed by atoms with Crippen LogP contribution in [-0.4, -0.2) is 21.1 Å². The molecule has 0 heterocycles. The molecule has 0 aliphatic heterocycles. The fourth-order valence-corrected chi connectivity index (χ4v) is 1.41. The first kappa shape index (κ1) is 12.0. The zero-order valence-electron chi connectivity index (χ0n) is 9.16. The van der Waals surface area contributed by atoms with Gasteiger partial charge in [0.2, 0.25) is 0 Å². The van der Waals surface area contributed by atoms with E-state index in [0.717, 1.165) is 0 Å². The van der Waals surface area contributed by atoms with Gasteiger partial charge in [-0.05, 0) is 0 Å². The zero-order chi connectivity index (χ0) is 9.23. The summed E-state index contributed by atoms with van der Waals surface area (Å²) in [6.45, 7) is 0. The Bertz CT molecular complexity index is 52.3. The molecule has 0 aromatic heterocycles. The number of rotatable bonds is 0. The highest BCUT2D eigenvalue weighted by molar-refractivity contribution is 4.51. The summed E-state index contributed by atoms with van der Waals surface area (Å²) in [6.07, 6.45) is 12.0. The minimum atomic E-state index is 1.42. The van der Waals surface area contributed by atoms with Gasteiger partial charge in [-0.25, -0.2) is 0 Å². The second-order valence-electron chi connectivity index (χ2n) is 4.33. The fourth-order valence-electron chi connectivity index (χ4n) is 1.41. The Labute approximate surface area is 78.1 Å². The van der Waals surface area contributed by atoms with Crippen LogP contribution >= 0.6 is 0 Å². The molecule has 1 fully saturated rings. The van der Waals surface area contributed by atoms with Gasteiger partial charge in [-0.1, -0.05) is 51.4 Å². The van der Waals surface area contributed by atoms with Crippen molar-refractivity contribution in [2.24, 2.45) is 0 Å². The first-order chi connectivity index (χ1) is 5.73. The van der Waals surface area contributed by atoms with Crippen molar-refractivity contribution in [1.29, 1.82) is 0 Å². The van der Waals surface area contributed by atoms with Crippen molar-refractivity contribution >= 4 is 0 Å². The van der Waals surface area contributed by atoms with Gasteiger partial charge < -0.3 is 4.90 Å². The van der Waals surface area contributed by atoms with E-state index in [0.29, 0.717) is 0 Å². The smallest absolute Gasteiger partial charge is 0.0661 e. The van der Waals surface area contributed by atoms with Crippen LogP contribution in [0.1, 0.15) is 51.4 Å². The molecule has 0 unspecified atom stereocenters. The second kappa shape index (κ2) is 9.05. The van der Waals surface area contributed by atoms with Crippen molar-refractivity contribution < 1.29 is 4.90 Å². The Morgan fingerprint density at radius 3 is 0.667 bits per heavy atom. The van der Waals surface area contributed by atoms with E-state index >= 15 is 0 Å². The van der Waals surface area contributed by atoms with E-state index in [4.69, 9.17) is 0 Å². The van der Waals surface area contributed by atoms with Gasteiger partial charge in [0.25, 0.3) is 0 Å². The maximum atomic E-state index is 2.08. The molecule has 1 aliphatic rings. The third-order valence-electron chi connectivity index (χ3n) is 2.00. The third kappa shape index (κ3) is 12.6. The second-order valence-corrected chi connectivity index (χ2v) is 4.33. The van der Waals surface area contributed by atoms with E-state index in [2.05, 4.69) is 21.1 Å². The normalized spacial score (nSPS) is 19.0. The Balaban J connectivity index is 0.000000261. The maximum absolute atomic E-state index is 2.08. The summed E-state index contributed by atoms with van der Waals surface area (Å²) in [4.78, 5) is 1.42. The van der Waals surface area contributed by atoms with Crippen molar-refractivity contribution in [2.45, 2.75) is 51.4 Å². The highest BCUT2D eigenvalue weighted by Crippen LogP contribution is 2.15. The van der Waals surface area contributed by atoms with Crippen LogP contribution in [-0.2, 0) is 0 Å². The van der Waals surface area contributed by atoms with Crippen LogP contribution < -0.4 is 4.90 Å². The Hall–Kier alpha value is -0.0400. The molecule has 12 heavy (non-hydrogen) atoms. The van der Waals surface area contributed by atoms with Crippen LogP contribution in [0.4, 0.5) is 0 Å². The highest BCUT2D eigenvalue weighted by atomic mass is 15.0. The lowest BCUT2D eigenvalue weighted by Crippen LogP contribution is -3.02. The van der Waals surface area contributed by atoms with Crippen molar-refractivity contribution in [2.75, 3.05) is 21.1 Å². The molecular weight excluding hydrogens is 146 g/mol. The molecule has 1 nitrogen and oxygen atoms in total. The van der Waals surface area contributed by atoms with Gasteiger partial charge >= 0.3 is 0 Å². The monoisotopic (exact) mass is 172 g/mol. The average molecular weight is 172 g/mol. The van der Waals surface area contributed by atoms with Gasteiger partial charge in [0.1, 0.15) is 0 Å². The average Bonchev–Trinajstić information content (AvgIpc) is 1.82. The minimum Gasteiger partial charge on any atom is -0.342 e. The molecule has 0 amide bonds. The van der Waals surface area contributed by atoms with Gasteiger partial charge in [-0.3, -0.25) is 0 Å². The molecule has 0 atom stereocenters. The van der Waals surface area contributed by atoms with E-state index in [1.807, 2.05) is 0 Å². The molecule has 1 saturated carbocycles. The molecule has 0 bridgehead atoms. The quantitative estimate of drug-likeness (QED) is 0.569. The van der Waals surface area contributed by atoms with Crippen molar-refractivity contribution in [3.8, 4) is 0 Å². The summed E-state index contributed by atoms with van der Waals surface area (Å²) >= 11 is 0. The van der Waals surface area contributed by atoms with E-state index in [1.54, 1.807) is 0 Å². The Morgan fingerprint density at radius 2 is 0.583 bits per heavy atom. The SMILES string of the molecule is C1CCCCCCC1.C[NH+](C)C. The Morgan fingerprint density at radius 1 is 0.500 bits per heavy atom. The fraction of sp³-hybridized carbons (Fsp3) is 1.00. The van der Waals surface area contributed by atoms with E-state index in [-0.39, 0.29) is 0 Å². The predicted octanol–water partition coefficient (Wildman–Crippen LogP) is 1.88. The van der Waals surface area contributed by atoms with Gasteiger partial charge in [0.05, 0.1) is 21.1 Å². The number of quaternary nitrogens is 1. The lowest BCUT2D eigenvalue weighted by Gasteiger charge is -2.05. The summed E-state index contributed by atoms with van der Waals surface area (Å²) in [5.74, 6) is 0. The topological polar surface area (TPSA) is 4.44 Å². The van der Waals surface area contributed by atoms with Crippen LogP contribution in [0.5, 0.6) is 0 Å². The van der Waals surface area contributed by atoms with Crippen molar-refractivity contribution in [3.63, 3.8) is 0 Å². The maximum Gasteiger partial charge on any atom is 0.0661 e. The van der Waals surface area contributed by atoms with Gasteiger partial charge in [0.15, 0.2) is 0 Å². The van der Waals surface area contributed by atoms with Gasteiger partial charge in [-0.15, -0.1) is 0 Å². The molecule has 1 heteroatoms. The summed E-state index contributed by atoms with van der Waals surface area (Å²) in [5.41, 5.74) is 0. The molecule has 0 aromatic rings. The summed E-state index contributed by atoms with van der Waals surface area (Å²) in [7, 11) is 6.25. The molecule has 1 rings (SSSR count). The zero-order valence-corrected chi connectivity index (χ0v) is 9.16. The van der Waals surface area contributed by atoms with Crippen molar-refractivity contribution in [3.05, 3.63) is 0 Å². The molecule has 0 aromatic carbocycles. The molecule has 0 radical (unpaired) electrons. The highest BCUT2D eigenvalue weighted by Gasteiger charge is 1.95. The largest absolute Gasteiger partial charge is 0.342 e. The van der Waals surface area contributed by atoms with Crippen molar-refractivity contribution in [1.82, 2.24) is 0 Å².